The minimum atomic E-state index is -2.87. The molecule has 0 saturated heterocycles. The van der Waals surface area contributed by atoms with E-state index in [0.717, 1.165) is 0 Å². The maximum Gasteiger partial charge on any atom is 0.179 e. The van der Waals surface area contributed by atoms with Crippen molar-refractivity contribution in [2.75, 3.05) is 0 Å². The van der Waals surface area contributed by atoms with Gasteiger partial charge in [0.1, 0.15) is 0 Å². The van der Waals surface area contributed by atoms with Crippen LogP contribution in [0.25, 0.3) is 70.9 Å². The average molecular weight is 728 g/mol. The molecule has 0 aliphatic heterocycles. The molecule has 0 aliphatic carbocycles. The van der Waals surface area contributed by atoms with Crippen molar-refractivity contribution in [1.29, 1.82) is 0 Å². The Balaban J connectivity index is 1.23. The zero-order valence-electron chi connectivity index (χ0n) is 30.8. The second-order valence-electron chi connectivity index (χ2n) is 14.8. The summed E-state index contributed by atoms with van der Waals surface area (Å²) < 4.78 is 2.51. The van der Waals surface area contributed by atoms with Gasteiger partial charge in [0.15, 0.2) is 8.07 Å². The summed E-state index contributed by atoms with van der Waals surface area (Å²) in [5.74, 6) is 0. The Labute approximate surface area is 327 Å². The van der Waals surface area contributed by atoms with Gasteiger partial charge in [0, 0.05) is 21.8 Å². The average Bonchev–Trinajstić information content (AvgIpc) is 3.62. The van der Waals surface area contributed by atoms with Crippen molar-refractivity contribution in [3.05, 3.63) is 224 Å². The Morgan fingerprint density at radius 3 is 1.39 bits per heavy atom. The monoisotopic (exact) mass is 727 g/mol. The minimum Gasteiger partial charge on any atom is -0.309 e. The molecule has 1 nitrogen and oxygen atoms in total. The number of rotatable bonds is 6. The number of nitrogens with zero attached hydrogens (tertiary/aromatic N) is 1. The molecule has 0 saturated carbocycles. The standard InChI is InChI=1S/C54H37NSi/c1-4-18-38(19-5-1)39-20-16-26-43(36-39)56(41-22-6-2-7-23-41,42-24-8-3-9-25-42)44-27-17-21-40(37-44)55-51-33-15-14-32-50(51)54-52(55)35-34-49-47-30-11-10-28-45(47)46-29-12-13-31-48(46)53(49)54/h1-37H. The van der Waals surface area contributed by atoms with Gasteiger partial charge in [0.05, 0.1) is 11.0 Å². The molecule has 0 amide bonds. The van der Waals surface area contributed by atoms with E-state index in [0.29, 0.717) is 0 Å². The Kier molecular flexibility index (Phi) is 7.58. The fraction of sp³-hybridized carbons (Fsp3) is 0. The summed E-state index contributed by atoms with van der Waals surface area (Å²) in [4.78, 5) is 0. The van der Waals surface area contributed by atoms with Gasteiger partial charge in [0.25, 0.3) is 0 Å². The first-order chi connectivity index (χ1) is 27.8. The summed E-state index contributed by atoms with van der Waals surface area (Å²) >= 11 is 0. The molecule has 0 radical (unpaired) electrons. The lowest BCUT2D eigenvalue weighted by molar-refractivity contribution is 1.18. The molecule has 1 heterocycles. The lowest BCUT2D eigenvalue weighted by Gasteiger charge is -2.35. The highest BCUT2D eigenvalue weighted by atomic mass is 28.3. The Morgan fingerprint density at radius 2 is 0.732 bits per heavy atom. The second-order valence-corrected chi connectivity index (χ2v) is 18.6. The summed E-state index contributed by atoms with van der Waals surface area (Å²) in [7, 11) is -2.87. The van der Waals surface area contributed by atoms with Gasteiger partial charge >= 0.3 is 0 Å². The largest absolute Gasteiger partial charge is 0.309 e. The first kappa shape index (κ1) is 32.4. The molecule has 11 rings (SSSR count). The van der Waals surface area contributed by atoms with Gasteiger partial charge < -0.3 is 4.57 Å². The van der Waals surface area contributed by atoms with E-state index in [1.54, 1.807) is 0 Å². The first-order valence-corrected chi connectivity index (χ1v) is 21.4. The summed E-state index contributed by atoms with van der Waals surface area (Å²) in [6.07, 6.45) is 0. The summed E-state index contributed by atoms with van der Waals surface area (Å²) in [6.45, 7) is 0. The third-order valence-corrected chi connectivity index (χ3v) is 16.6. The molecule has 0 atom stereocenters. The molecule has 10 aromatic carbocycles. The van der Waals surface area contributed by atoms with E-state index in [4.69, 9.17) is 0 Å². The zero-order valence-corrected chi connectivity index (χ0v) is 31.8. The molecule has 56 heavy (non-hydrogen) atoms. The van der Waals surface area contributed by atoms with E-state index < -0.39 is 8.07 Å². The van der Waals surface area contributed by atoms with Crippen molar-refractivity contribution in [2.45, 2.75) is 0 Å². The number of hydrogen-bond donors (Lipinski definition) is 0. The lowest BCUT2D eigenvalue weighted by Crippen LogP contribution is -2.74. The van der Waals surface area contributed by atoms with Gasteiger partial charge in [-0.25, -0.2) is 0 Å². The van der Waals surface area contributed by atoms with Crippen LogP contribution in [-0.2, 0) is 0 Å². The predicted octanol–water partition coefficient (Wildman–Crippen LogP) is 11.3. The van der Waals surface area contributed by atoms with Gasteiger partial charge in [-0.3, -0.25) is 0 Å². The van der Waals surface area contributed by atoms with E-state index in [9.17, 15) is 0 Å². The number of para-hydroxylation sites is 1. The van der Waals surface area contributed by atoms with Crippen molar-refractivity contribution < 1.29 is 0 Å². The van der Waals surface area contributed by atoms with Crippen LogP contribution in [0.1, 0.15) is 0 Å². The van der Waals surface area contributed by atoms with E-state index in [-0.39, 0.29) is 0 Å². The third-order valence-electron chi connectivity index (χ3n) is 11.9. The summed E-state index contributed by atoms with van der Waals surface area (Å²) in [6, 6.07) is 83.5. The highest BCUT2D eigenvalue weighted by Gasteiger charge is 2.41. The SMILES string of the molecule is c1ccc(-c2cccc([Si](c3ccccc3)(c3ccccc3)c3cccc(-n4c5ccccc5c5c6c7ccccc7c7ccccc7c6ccc54)c3)c2)cc1. The number of benzene rings is 10. The molecular weight excluding hydrogens is 691 g/mol. The molecule has 0 bridgehead atoms. The van der Waals surface area contributed by atoms with E-state index >= 15 is 0 Å². The van der Waals surface area contributed by atoms with Crippen LogP contribution in [0, 0.1) is 0 Å². The Morgan fingerprint density at radius 1 is 0.268 bits per heavy atom. The molecule has 2 heteroatoms. The van der Waals surface area contributed by atoms with Crippen LogP contribution in [0.15, 0.2) is 224 Å². The van der Waals surface area contributed by atoms with Crippen LogP contribution < -0.4 is 20.7 Å². The summed E-state index contributed by atoms with van der Waals surface area (Å²) in [5, 5.41) is 15.8. The van der Waals surface area contributed by atoms with Gasteiger partial charge in [0.2, 0.25) is 0 Å². The van der Waals surface area contributed by atoms with Crippen LogP contribution in [-0.4, -0.2) is 12.6 Å². The van der Waals surface area contributed by atoms with Gasteiger partial charge in [-0.15, -0.1) is 0 Å². The first-order valence-electron chi connectivity index (χ1n) is 19.4. The Hall–Kier alpha value is -7.00. The number of fused-ring (bicyclic) bond motifs is 10. The molecule has 1 aromatic heterocycles. The van der Waals surface area contributed by atoms with Crippen molar-refractivity contribution in [3.63, 3.8) is 0 Å². The number of aromatic nitrogens is 1. The molecule has 0 N–H and O–H groups in total. The zero-order chi connectivity index (χ0) is 37.1. The third kappa shape index (κ3) is 4.86. The highest BCUT2D eigenvalue weighted by molar-refractivity contribution is 7.20. The number of hydrogen-bond acceptors (Lipinski definition) is 0. The van der Waals surface area contributed by atoms with Crippen molar-refractivity contribution in [1.82, 2.24) is 4.57 Å². The lowest BCUT2D eigenvalue weighted by atomic mass is 9.92. The van der Waals surface area contributed by atoms with Gasteiger partial charge in [-0.05, 0) is 83.1 Å². The fourth-order valence-corrected chi connectivity index (χ4v) is 14.4. The summed E-state index contributed by atoms with van der Waals surface area (Å²) in [5.41, 5.74) is 6.05. The van der Waals surface area contributed by atoms with Gasteiger partial charge in [-0.1, -0.05) is 200 Å². The Bertz CT molecular complexity index is 3160. The van der Waals surface area contributed by atoms with Crippen LogP contribution in [0.3, 0.4) is 0 Å². The van der Waals surface area contributed by atoms with E-state index in [1.807, 2.05) is 0 Å². The maximum absolute atomic E-state index is 2.87. The predicted molar refractivity (Wildman–Crippen MR) is 242 cm³/mol. The van der Waals surface area contributed by atoms with E-state index in [1.165, 1.54) is 91.7 Å². The molecular formula is C54H37NSi. The minimum absolute atomic E-state index is 1.17. The fourth-order valence-electron chi connectivity index (χ4n) is 9.55. The molecule has 11 aromatic rings. The van der Waals surface area contributed by atoms with Crippen LogP contribution in [0.4, 0.5) is 0 Å². The van der Waals surface area contributed by atoms with Crippen LogP contribution in [0.2, 0.25) is 0 Å². The molecule has 0 unspecified atom stereocenters. The van der Waals surface area contributed by atoms with Crippen molar-refractivity contribution in [2.24, 2.45) is 0 Å². The quantitative estimate of drug-likeness (QED) is 0.0913. The highest BCUT2D eigenvalue weighted by Crippen LogP contribution is 2.43. The van der Waals surface area contributed by atoms with Crippen molar-refractivity contribution >= 4 is 82.9 Å². The smallest absolute Gasteiger partial charge is 0.179 e. The topological polar surface area (TPSA) is 4.93 Å². The second kappa shape index (κ2) is 13.1. The normalized spacial score (nSPS) is 11.9. The van der Waals surface area contributed by atoms with Gasteiger partial charge in [-0.2, -0.15) is 0 Å². The molecule has 0 spiro atoms. The maximum atomic E-state index is 2.51. The molecule has 0 fully saturated rings. The molecule has 262 valence electrons. The van der Waals surface area contributed by atoms with Crippen LogP contribution >= 0.6 is 0 Å². The van der Waals surface area contributed by atoms with Crippen LogP contribution in [0.5, 0.6) is 0 Å². The van der Waals surface area contributed by atoms with Crippen molar-refractivity contribution in [3.8, 4) is 16.8 Å². The van der Waals surface area contributed by atoms with E-state index in [2.05, 4.69) is 229 Å². The molecule has 0 aliphatic rings.